The fraction of sp³-hybridized carbons (Fsp3) is 0.643. The largest absolute Gasteiger partial charge is 0.514 e. The zero-order valence-electron chi connectivity index (χ0n) is 12.4. The van der Waals surface area contributed by atoms with Crippen molar-refractivity contribution in [2.45, 2.75) is 45.0 Å². The fourth-order valence-electron chi connectivity index (χ4n) is 2.04. The second-order valence-electron chi connectivity index (χ2n) is 6.27. The normalized spacial score (nSPS) is 24.5. The summed E-state index contributed by atoms with van der Waals surface area (Å²) in [6.45, 7) is 9.36. The van der Waals surface area contributed by atoms with Gasteiger partial charge in [-0.25, -0.2) is 4.98 Å². The van der Waals surface area contributed by atoms with Gasteiger partial charge in [0.15, 0.2) is 0 Å². The SMILES string of the molecule is CC1(C)OB(c2cccc(OC3COC3)n2)OC1(C)C. The molecule has 0 aliphatic carbocycles. The second-order valence-corrected chi connectivity index (χ2v) is 6.27. The Morgan fingerprint density at radius 2 is 1.80 bits per heavy atom. The van der Waals surface area contributed by atoms with Crippen LogP contribution < -0.4 is 10.3 Å². The van der Waals surface area contributed by atoms with Gasteiger partial charge in [0.05, 0.1) is 30.0 Å². The Hall–Kier alpha value is -1.11. The van der Waals surface area contributed by atoms with Crippen molar-refractivity contribution < 1.29 is 18.8 Å². The van der Waals surface area contributed by atoms with Crippen molar-refractivity contribution in [2.24, 2.45) is 0 Å². The molecule has 0 radical (unpaired) electrons. The van der Waals surface area contributed by atoms with Crippen LogP contribution in [-0.2, 0) is 14.0 Å². The first-order valence-corrected chi connectivity index (χ1v) is 6.94. The zero-order valence-corrected chi connectivity index (χ0v) is 12.4. The molecule has 0 aromatic carbocycles. The lowest BCUT2D eigenvalue weighted by Crippen LogP contribution is -2.41. The van der Waals surface area contributed by atoms with Crippen LogP contribution in [0.3, 0.4) is 0 Å². The molecule has 1 aromatic heterocycles. The highest BCUT2D eigenvalue weighted by Crippen LogP contribution is 2.36. The first kappa shape index (κ1) is 13.9. The van der Waals surface area contributed by atoms with Crippen molar-refractivity contribution in [3.8, 4) is 5.88 Å². The van der Waals surface area contributed by atoms with Crippen LogP contribution in [-0.4, -0.2) is 42.6 Å². The maximum atomic E-state index is 5.99. The average Bonchev–Trinajstić information content (AvgIpc) is 2.54. The zero-order chi connectivity index (χ0) is 14.4. The molecule has 3 rings (SSSR count). The minimum Gasteiger partial charge on any atom is -0.469 e. The number of pyridine rings is 1. The molecule has 0 bridgehead atoms. The highest BCUT2D eigenvalue weighted by Gasteiger charge is 2.52. The molecule has 2 fully saturated rings. The second kappa shape index (κ2) is 4.72. The van der Waals surface area contributed by atoms with Gasteiger partial charge in [-0.1, -0.05) is 6.07 Å². The summed E-state index contributed by atoms with van der Waals surface area (Å²) in [5, 5.41) is 0. The highest BCUT2D eigenvalue weighted by atomic mass is 16.7. The molecule has 2 aliphatic rings. The third-order valence-electron chi connectivity index (χ3n) is 4.13. The summed E-state index contributed by atoms with van der Waals surface area (Å²) >= 11 is 0. The van der Waals surface area contributed by atoms with E-state index >= 15 is 0 Å². The molecule has 6 heteroatoms. The van der Waals surface area contributed by atoms with Crippen LogP contribution in [0.2, 0.25) is 0 Å². The monoisotopic (exact) mass is 277 g/mol. The summed E-state index contributed by atoms with van der Waals surface area (Å²) in [6, 6.07) is 5.64. The molecule has 0 N–H and O–H groups in total. The maximum Gasteiger partial charge on any atom is 0.514 e. The quantitative estimate of drug-likeness (QED) is 0.776. The van der Waals surface area contributed by atoms with Crippen LogP contribution in [0.4, 0.5) is 0 Å². The van der Waals surface area contributed by atoms with Gasteiger partial charge >= 0.3 is 7.12 Å². The predicted molar refractivity (Wildman–Crippen MR) is 75.2 cm³/mol. The maximum absolute atomic E-state index is 5.99. The molecule has 0 atom stereocenters. The number of hydrogen-bond acceptors (Lipinski definition) is 5. The predicted octanol–water partition coefficient (Wildman–Crippen LogP) is 1.16. The van der Waals surface area contributed by atoms with Gasteiger partial charge < -0.3 is 18.8 Å². The van der Waals surface area contributed by atoms with Crippen molar-refractivity contribution in [1.29, 1.82) is 0 Å². The lowest BCUT2D eigenvalue weighted by Gasteiger charge is -2.32. The summed E-state index contributed by atoms with van der Waals surface area (Å²) in [6.07, 6.45) is 0.107. The van der Waals surface area contributed by atoms with Gasteiger partial charge in [-0.05, 0) is 33.8 Å². The Balaban J connectivity index is 1.76. The third kappa shape index (κ3) is 2.43. The van der Waals surface area contributed by atoms with Crippen LogP contribution in [0.25, 0.3) is 0 Å². The van der Waals surface area contributed by atoms with E-state index in [0.29, 0.717) is 19.1 Å². The molecule has 5 nitrogen and oxygen atoms in total. The van der Waals surface area contributed by atoms with E-state index in [4.69, 9.17) is 18.8 Å². The molecule has 0 spiro atoms. The minimum atomic E-state index is -0.457. The molecule has 2 saturated heterocycles. The van der Waals surface area contributed by atoms with E-state index in [-0.39, 0.29) is 17.3 Å². The van der Waals surface area contributed by atoms with Crippen LogP contribution in [0.15, 0.2) is 18.2 Å². The molecule has 0 amide bonds. The van der Waals surface area contributed by atoms with Crippen molar-refractivity contribution >= 4 is 12.7 Å². The Morgan fingerprint density at radius 1 is 1.15 bits per heavy atom. The van der Waals surface area contributed by atoms with E-state index in [2.05, 4.69) is 4.98 Å². The van der Waals surface area contributed by atoms with E-state index in [1.165, 1.54) is 0 Å². The summed E-state index contributed by atoms with van der Waals surface area (Å²) < 4.78 is 22.8. The molecule has 108 valence electrons. The molecule has 1 aromatic rings. The van der Waals surface area contributed by atoms with E-state index < -0.39 is 7.12 Å². The molecule has 2 aliphatic heterocycles. The van der Waals surface area contributed by atoms with Crippen molar-refractivity contribution in [3.05, 3.63) is 18.2 Å². The summed E-state index contributed by atoms with van der Waals surface area (Å²) in [7, 11) is -0.457. The fourth-order valence-corrected chi connectivity index (χ4v) is 2.04. The smallest absolute Gasteiger partial charge is 0.469 e. The lowest BCUT2D eigenvalue weighted by molar-refractivity contribution is -0.0812. The van der Waals surface area contributed by atoms with Crippen molar-refractivity contribution in [3.63, 3.8) is 0 Å². The van der Waals surface area contributed by atoms with Crippen LogP contribution >= 0.6 is 0 Å². The van der Waals surface area contributed by atoms with Gasteiger partial charge in [-0.2, -0.15) is 0 Å². The molecule has 20 heavy (non-hydrogen) atoms. The number of hydrogen-bond donors (Lipinski definition) is 0. The molecular formula is C14H20BNO4. The highest BCUT2D eigenvalue weighted by molar-refractivity contribution is 6.61. The first-order valence-electron chi connectivity index (χ1n) is 6.94. The van der Waals surface area contributed by atoms with Gasteiger partial charge in [-0.3, -0.25) is 0 Å². The summed E-state index contributed by atoms with van der Waals surface area (Å²) in [5.41, 5.74) is 0.0113. The van der Waals surface area contributed by atoms with Crippen LogP contribution in [0.5, 0.6) is 5.88 Å². The molecule has 0 unspecified atom stereocenters. The van der Waals surface area contributed by atoms with E-state index in [1.807, 2.05) is 45.9 Å². The van der Waals surface area contributed by atoms with Crippen molar-refractivity contribution in [2.75, 3.05) is 13.2 Å². The van der Waals surface area contributed by atoms with Crippen LogP contribution in [0.1, 0.15) is 27.7 Å². The number of rotatable bonds is 3. The minimum absolute atomic E-state index is 0.107. The Labute approximate surface area is 119 Å². The van der Waals surface area contributed by atoms with Crippen molar-refractivity contribution in [1.82, 2.24) is 4.98 Å². The molecular weight excluding hydrogens is 257 g/mol. The average molecular weight is 277 g/mol. The molecule has 3 heterocycles. The van der Waals surface area contributed by atoms with E-state index in [0.717, 1.165) is 5.59 Å². The Kier molecular flexibility index (Phi) is 3.27. The van der Waals surface area contributed by atoms with Gasteiger partial charge in [0.1, 0.15) is 6.10 Å². The van der Waals surface area contributed by atoms with E-state index in [1.54, 1.807) is 0 Å². The molecule has 0 saturated carbocycles. The van der Waals surface area contributed by atoms with E-state index in [9.17, 15) is 0 Å². The van der Waals surface area contributed by atoms with Gasteiger partial charge in [0, 0.05) is 6.07 Å². The van der Waals surface area contributed by atoms with Gasteiger partial charge in [0.2, 0.25) is 5.88 Å². The number of ether oxygens (including phenoxy) is 2. The van der Waals surface area contributed by atoms with Crippen LogP contribution in [0, 0.1) is 0 Å². The topological polar surface area (TPSA) is 49.8 Å². The third-order valence-corrected chi connectivity index (χ3v) is 4.13. The first-order chi connectivity index (χ1) is 9.37. The summed E-state index contributed by atoms with van der Waals surface area (Å²) in [4.78, 5) is 4.48. The Bertz CT molecular complexity index is 486. The van der Waals surface area contributed by atoms with Gasteiger partial charge in [0.25, 0.3) is 0 Å². The number of nitrogens with zero attached hydrogens (tertiary/aromatic N) is 1. The summed E-state index contributed by atoms with van der Waals surface area (Å²) in [5.74, 6) is 0.588. The lowest BCUT2D eigenvalue weighted by atomic mass is 9.84. The van der Waals surface area contributed by atoms with Gasteiger partial charge in [-0.15, -0.1) is 0 Å². The number of aromatic nitrogens is 1. The standard InChI is InChI=1S/C14H20BNO4/c1-13(2)14(3,4)20-15(19-13)11-6-5-7-12(16-11)18-10-8-17-9-10/h5-7,10H,8-9H2,1-4H3. The Morgan fingerprint density at radius 3 is 2.35 bits per heavy atom.